The summed E-state index contributed by atoms with van der Waals surface area (Å²) in [6, 6.07) is 55.9. The summed E-state index contributed by atoms with van der Waals surface area (Å²) in [5.74, 6) is 1.85. The van der Waals surface area contributed by atoms with Crippen molar-refractivity contribution >= 4 is 43.9 Å². The molecule has 0 aliphatic heterocycles. The normalized spacial score (nSPS) is 11.6. The van der Waals surface area contributed by atoms with E-state index < -0.39 is 0 Å². The molecule has 50 heavy (non-hydrogen) atoms. The molecule has 0 fully saturated rings. The molecule has 0 N–H and O–H groups in total. The van der Waals surface area contributed by atoms with Crippen molar-refractivity contribution < 1.29 is 8.83 Å². The van der Waals surface area contributed by atoms with Gasteiger partial charge >= 0.3 is 0 Å². The van der Waals surface area contributed by atoms with Gasteiger partial charge in [-0.05, 0) is 70.8 Å². The SMILES string of the molecule is c1ccc(-c2nc(-c3cccc(-c4ccc5oc6ccccc6c5c4)c3)nc(-c3cccc(-c4ccc5oc6ccccc6c5c4)c3)n2)cc1. The Balaban J connectivity index is 1.08. The quantitative estimate of drug-likeness (QED) is 0.187. The summed E-state index contributed by atoms with van der Waals surface area (Å²) in [5.41, 5.74) is 10.6. The van der Waals surface area contributed by atoms with Crippen molar-refractivity contribution in [3.05, 3.63) is 164 Å². The first-order chi connectivity index (χ1) is 24.7. The number of hydrogen-bond acceptors (Lipinski definition) is 5. The summed E-state index contributed by atoms with van der Waals surface area (Å²) < 4.78 is 12.2. The number of furan rings is 2. The van der Waals surface area contributed by atoms with Crippen molar-refractivity contribution in [3.8, 4) is 56.4 Å². The lowest BCUT2D eigenvalue weighted by atomic mass is 10.00. The molecule has 10 aromatic rings. The van der Waals surface area contributed by atoms with Crippen LogP contribution in [0.1, 0.15) is 0 Å². The van der Waals surface area contributed by atoms with E-state index in [0.717, 1.165) is 82.8 Å². The minimum absolute atomic E-state index is 0.613. The Labute approximate surface area is 287 Å². The molecule has 7 aromatic carbocycles. The van der Waals surface area contributed by atoms with Gasteiger partial charge in [0.15, 0.2) is 17.5 Å². The lowest BCUT2D eigenvalue weighted by Crippen LogP contribution is -2.00. The molecule has 3 heterocycles. The van der Waals surface area contributed by atoms with Crippen molar-refractivity contribution in [2.75, 3.05) is 0 Å². The van der Waals surface area contributed by atoms with Crippen LogP contribution in [0, 0.1) is 0 Å². The molecule has 234 valence electrons. The highest BCUT2D eigenvalue weighted by Gasteiger charge is 2.15. The fraction of sp³-hybridized carbons (Fsp3) is 0. The van der Waals surface area contributed by atoms with Crippen LogP contribution in [0.25, 0.3) is 100 Å². The van der Waals surface area contributed by atoms with Gasteiger partial charge in [0.1, 0.15) is 22.3 Å². The van der Waals surface area contributed by atoms with Gasteiger partial charge < -0.3 is 8.83 Å². The molecular formula is C45H27N3O2. The third kappa shape index (κ3) is 4.83. The fourth-order valence-electron chi connectivity index (χ4n) is 6.84. The van der Waals surface area contributed by atoms with Gasteiger partial charge in [0.2, 0.25) is 0 Å². The van der Waals surface area contributed by atoms with E-state index in [2.05, 4.69) is 84.9 Å². The first-order valence-electron chi connectivity index (χ1n) is 16.6. The smallest absolute Gasteiger partial charge is 0.164 e. The molecular weight excluding hydrogens is 615 g/mol. The van der Waals surface area contributed by atoms with Gasteiger partial charge in [-0.15, -0.1) is 0 Å². The van der Waals surface area contributed by atoms with Gasteiger partial charge in [0.25, 0.3) is 0 Å². The van der Waals surface area contributed by atoms with Crippen molar-refractivity contribution in [2.45, 2.75) is 0 Å². The van der Waals surface area contributed by atoms with E-state index >= 15 is 0 Å². The third-order valence-corrected chi connectivity index (χ3v) is 9.33. The molecule has 0 spiro atoms. The monoisotopic (exact) mass is 641 g/mol. The maximum absolute atomic E-state index is 6.08. The molecule has 0 saturated carbocycles. The van der Waals surface area contributed by atoms with Crippen LogP contribution in [0.3, 0.4) is 0 Å². The minimum Gasteiger partial charge on any atom is -0.456 e. The standard InChI is InChI=1S/C45H27N3O2/c1-2-10-28(11-3-1)43-46-44(33-14-8-12-29(24-33)31-20-22-41-37(26-31)35-16-4-6-18-39(35)49-41)48-45(47-43)34-15-9-13-30(25-34)32-21-23-42-38(27-32)36-17-5-7-19-40(36)50-42/h1-27H. The molecule has 0 bridgehead atoms. The Morgan fingerprint density at radius 2 is 0.640 bits per heavy atom. The van der Waals surface area contributed by atoms with Gasteiger partial charge in [0, 0.05) is 38.2 Å². The van der Waals surface area contributed by atoms with E-state index in [4.69, 9.17) is 23.8 Å². The highest BCUT2D eigenvalue weighted by molar-refractivity contribution is 6.07. The Kier molecular flexibility index (Phi) is 6.42. The van der Waals surface area contributed by atoms with E-state index in [-0.39, 0.29) is 0 Å². The summed E-state index contributed by atoms with van der Waals surface area (Å²) in [7, 11) is 0. The molecule has 5 nitrogen and oxygen atoms in total. The van der Waals surface area contributed by atoms with Crippen molar-refractivity contribution in [1.29, 1.82) is 0 Å². The van der Waals surface area contributed by atoms with Gasteiger partial charge in [-0.1, -0.05) is 115 Å². The topological polar surface area (TPSA) is 65.0 Å². The van der Waals surface area contributed by atoms with Crippen LogP contribution < -0.4 is 0 Å². The highest BCUT2D eigenvalue weighted by Crippen LogP contribution is 2.36. The Morgan fingerprint density at radius 1 is 0.260 bits per heavy atom. The number of hydrogen-bond donors (Lipinski definition) is 0. The van der Waals surface area contributed by atoms with E-state index in [1.807, 2.05) is 78.9 Å². The van der Waals surface area contributed by atoms with Gasteiger partial charge in [-0.2, -0.15) is 0 Å². The number of rotatable bonds is 5. The average molecular weight is 642 g/mol. The number of aromatic nitrogens is 3. The fourth-order valence-corrected chi connectivity index (χ4v) is 6.84. The second-order valence-electron chi connectivity index (χ2n) is 12.5. The molecule has 0 radical (unpaired) electrons. The van der Waals surface area contributed by atoms with Crippen molar-refractivity contribution in [2.24, 2.45) is 0 Å². The van der Waals surface area contributed by atoms with E-state index in [1.54, 1.807) is 0 Å². The zero-order chi connectivity index (χ0) is 33.0. The maximum atomic E-state index is 6.08. The predicted octanol–water partition coefficient (Wildman–Crippen LogP) is 12.0. The van der Waals surface area contributed by atoms with Crippen molar-refractivity contribution in [1.82, 2.24) is 15.0 Å². The van der Waals surface area contributed by atoms with Crippen LogP contribution in [0.4, 0.5) is 0 Å². The summed E-state index contributed by atoms with van der Waals surface area (Å²) in [4.78, 5) is 15.1. The molecule has 5 heteroatoms. The number of fused-ring (bicyclic) bond motifs is 6. The van der Waals surface area contributed by atoms with Gasteiger partial charge in [-0.25, -0.2) is 15.0 Å². The summed E-state index contributed by atoms with van der Waals surface area (Å²) in [6.07, 6.45) is 0. The third-order valence-electron chi connectivity index (χ3n) is 9.33. The second kappa shape index (κ2) is 11.4. The number of nitrogens with zero attached hydrogens (tertiary/aromatic N) is 3. The van der Waals surface area contributed by atoms with Crippen LogP contribution in [-0.2, 0) is 0 Å². The molecule has 0 atom stereocenters. The van der Waals surface area contributed by atoms with E-state index in [0.29, 0.717) is 17.5 Å². The Bertz CT molecular complexity index is 2710. The molecule has 0 aliphatic rings. The van der Waals surface area contributed by atoms with Crippen LogP contribution in [0.15, 0.2) is 173 Å². The van der Waals surface area contributed by atoms with Crippen molar-refractivity contribution in [3.63, 3.8) is 0 Å². The minimum atomic E-state index is 0.613. The molecule has 0 amide bonds. The largest absolute Gasteiger partial charge is 0.456 e. The summed E-state index contributed by atoms with van der Waals surface area (Å²) in [5, 5.41) is 4.40. The van der Waals surface area contributed by atoms with Crippen LogP contribution >= 0.6 is 0 Å². The number of para-hydroxylation sites is 2. The first-order valence-corrected chi connectivity index (χ1v) is 16.6. The summed E-state index contributed by atoms with van der Waals surface area (Å²) in [6.45, 7) is 0. The van der Waals surface area contributed by atoms with Crippen LogP contribution in [-0.4, -0.2) is 15.0 Å². The molecule has 3 aromatic heterocycles. The van der Waals surface area contributed by atoms with E-state index in [9.17, 15) is 0 Å². The first kappa shape index (κ1) is 28.2. The maximum Gasteiger partial charge on any atom is 0.164 e. The van der Waals surface area contributed by atoms with Crippen LogP contribution in [0.5, 0.6) is 0 Å². The van der Waals surface area contributed by atoms with Gasteiger partial charge in [0.05, 0.1) is 0 Å². The zero-order valence-electron chi connectivity index (χ0n) is 26.7. The van der Waals surface area contributed by atoms with Crippen LogP contribution in [0.2, 0.25) is 0 Å². The Morgan fingerprint density at radius 3 is 1.16 bits per heavy atom. The summed E-state index contributed by atoms with van der Waals surface area (Å²) >= 11 is 0. The lowest BCUT2D eigenvalue weighted by Gasteiger charge is -2.11. The van der Waals surface area contributed by atoms with Gasteiger partial charge in [-0.3, -0.25) is 0 Å². The predicted molar refractivity (Wildman–Crippen MR) is 202 cm³/mol. The zero-order valence-corrected chi connectivity index (χ0v) is 26.7. The molecule has 0 saturated heterocycles. The Hall–Kier alpha value is -6.85. The molecule has 10 rings (SSSR count). The van der Waals surface area contributed by atoms with E-state index in [1.165, 1.54) is 0 Å². The highest BCUT2D eigenvalue weighted by atomic mass is 16.3. The molecule has 0 aliphatic carbocycles. The average Bonchev–Trinajstić information content (AvgIpc) is 3.76. The second-order valence-corrected chi connectivity index (χ2v) is 12.5. The number of benzene rings is 7. The molecule has 0 unspecified atom stereocenters. The lowest BCUT2D eigenvalue weighted by molar-refractivity contribution is 0.668.